The lowest BCUT2D eigenvalue weighted by Crippen LogP contribution is -3.14. The van der Waals surface area contributed by atoms with Crippen LogP contribution < -0.4 is 15.1 Å². The summed E-state index contributed by atoms with van der Waals surface area (Å²) in [6, 6.07) is 4.71. The first kappa shape index (κ1) is 20.0. The van der Waals surface area contributed by atoms with Gasteiger partial charge in [0.1, 0.15) is 18.9 Å². The Morgan fingerprint density at radius 3 is 2.59 bits per heavy atom. The molecule has 2 aliphatic rings. The van der Waals surface area contributed by atoms with Gasteiger partial charge < -0.3 is 24.8 Å². The van der Waals surface area contributed by atoms with Gasteiger partial charge in [0.2, 0.25) is 0 Å². The summed E-state index contributed by atoms with van der Waals surface area (Å²) in [6.07, 6.45) is 0. The van der Waals surface area contributed by atoms with Crippen molar-refractivity contribution in [2.24, 2.45) is 0 Å². The number of quaternary nitrogens is 1. The van der Waals surface area contributed by atoms with Crippen LogP contribution in [0.5, 0.6) is 0 Å². The lowest BCUT2D eigenvalue weighted by atomic mass is 10.1. The number of nitrogens with one attached hydrogen (secondary N) is 2. The fourth-order valence-corrected chi connectivity index (χ4v) is 3.79. The number of anilines is 1. The predicted octanol–water partition coefficient (Wildman–Crippen LogP) is -0.0601. The molecule has 0 spiro atoms. The molecule has 2 fully saturated rings. The molecular weight excluding hydrogens is 367 g/mol. The number of morpholine rings is 1. The van der Waals surface area contributed by atoms with Crippen molar-refractivity contribution in [3.8, 4) is 0 Å². The third kappa shape index (κ3) is 5.37. The van der Waals surface area contributed by atoms with Crippen LogP contribution in [0.2, 0.25) is 0 Å². The second kappa shape index (κ2) is 9.43. The number of benzene rings is 1. The number of Topliss-reactive ketones (excluding diaryl/α,β-unsaturated/α-hetero) is 1. The van der Waals surface area contributed by atoms with Crippen LogP contribution in [0.3, 0.4) is 0 Å². The maximum absolute atomic E-state index is 14.3. The van der Waals surface area contributed by atoms with E-state index in [2.05, 4.69) is 10.2 Å². The first-order valence-electron chi connectivity index (χ1n) is 9.54. The highest BCUT2D eigenvalue weighted by Crippen LogP contribution is 2.22. The average Bonchev–Trinajstić information content (AvgIpc) is 2.69. The number of carbonyl (C=O) groups is 1. The maximum Gasteiger partial charge on any atom is 0.169 e. The van der Waals surface area contributed by atoms with E-state index in [1.54, 1.807) is 17.0 Å². The zero-order valence-electron chi connectivity index (χ0n) is 15.8. The normalized spacial score (nSPS) is 18.4. The Bertz CT molecular complexity index is 674. The van der Waals surface area contributed by atoms with Crippen molar-refractivity contribution < 1.29 is 18.8 Å². The van der Waals surface area contributed by atoms with E-state index in [9.17, 15) is 9.18 Å². The molecule has 2 heterocycles. The van der Waals surface area contributed by atoms with Crippen LogP contribution in [0.15, 0.2) is 18.2 Å². The van der Waals surface area contributed by atoms with Gasteiger partial charge in [-0.25, -0.2) is 4.39 Å². The van der Waals surface area contributed by atoms with Gasteiger partial charge in [0.15, 0.2) is 10.9 Å². The molecule has 0 radical (unpaired) electrons. The van der Waals surface area contributed by atoms with Crippen LogP contribution in [0.4, 0.5) is 10.1 Å². The van der Waals surface area contributed by atoms with Crippen LogP contribution in [-0.2, 0) is 4.74 Å². The lowest BCUT2D eigenvalue weighted by Gasteiger charge is -2.37. The van der Waals surface area contributed by atoms with Gasteiger partial charge in [-0.3, -0.25) is 4.79 Å². The van der Waals surface area contributed by atoms with Gasteiger partial charge in [-0.1, -0.05) is 0 Å². The molecule has 0 saturated carbocycles. The van der Waals surface area contributed by atoms with Gasteiger partial charge in [0, 0.05) is 31.7 Å². The number of nitrogens with zero attached hydrogens (tertiary/aromatic N) is 2. The Morgan fingerprint density at radius 2 is 1.96 bits per heavy atom. The Hall–Kier alpha value is -1.77. The van der Waals surface area contributed by atoms with Crippen LogP contribution in [-0.4, -0.2) is 81.4 Å². The summed E-state index contributed by atoms with van der Waals surface area (Å²) in [5, 5.41) is 4.12. The van der Waals surface area contributed by atoms with Crippen molar-refractivity contribution in [1.82, 2.24) is 10.2 Å². The summed E-state index contributed by atoms with van der Waals surface area (Å²) in [5.41, 5.74) is 0.956. The minimum absolute atomic E-state index is 0.124. The maximum atomic E-state index is 14.3. The van der Waals surface area contributed by atoms with Crippen molar-refractivity contribution in [2.75, 3.05) is 70.5 Å². The molecule has 0 aromatic heterocycles. The SMILES string of the molecule is CC(=O)c1ccc(N2CCN(C(=S)NCC[NH+]3CCOCC3)CC2)c(F)c1. The van der Waals surface area contributed by atoms with Crippen LogP contribution in [0.1, 0.15) is 17.3 Å². The smallest absolute Gasteiger partial charge is 0.169 e. The van der Waals surface area contributed by atoms with E-state index in [0.717, 1.165) is 57.6 Å². The summed E-state index contributed by atoms with van der Waals surface area (Å²) in [4.78, 5) is 17.1. The molecule has 0 unspecified atom stereocenters. The third-order valence-corrected chi connectivity index (χ3v) is 5.62. The van der Waals surface area contributed by atoms with Crippen molar-refractivity contribution in [3.63, 3.8) is 0 Å². The number of piperazine rings is 1. The van der Waals surface area contributed by atoms with Crippen LogP contribution in [0.25, 0.3) is 0 Å². The van der Waals surface area contributed by atoms with Gasteiger partial charge in [-0.15, -0.1) is 0 Å². The van der Waals surface area contributed by atoms with Crippen molar-refractivity contribution in [3.05, 3.63) is 29.6 Å². The second-order valence-corrected chi connectivity index (χ2v) is 7.43. The van der Waals surface area contributed by atoms with Crippen molar-refractivity contribution in [2.45, 2.75) is 6.92 Å². The van der Waals surface area contributed by atoms with Crippen molar-refractivity contribution >= 4 is 28.8 Å². The molecule has 0 bridgehead atoms. The number of halogens is 1. The lowest BCUT2D eigenvalue weighted by molar-refractivity contribution is -0.906. The summed E-state index contributed by atoms with van der Waals surface area (Å²) in [5.74, 6) is -0.467. The number of thiocarbonyl (C=S) groups is 1. The first-order chi connectivity index (χ1) is 13.0. The van der Waals surface area contributed by atoms with E-state index < -0.39 is 0 Å². The largest absolute Gasteiger partial charge is 0.370 e. The molecule has 2 saturated heterocycles. The second-order valence-electron chi connectivity index (χ2n) is 7.04. The van der Waals surface area contributed by atoms with Gasteiger partial charge in [0.25, 0.3) is 0 Å². The highest BCUT2D eigenvalue weighted by Gasteiger charge is 2.22. The van der Waals surface area contributed by atoms with E-state index in [-0.39, 0.29) is 11.6 Å². The zero-order valence-corrected chi connectivity index (χ0v) is 16.6. The van der Waals surface area contributed by atoms with Gasteiger partial charge in [-0.05, 0) is 37.3 Å². The number of rotatable bonds is 5. The number of ketones is 1. The van der Waals surface area contributed by atoms with Crippen LogP contribution >= 0.6 is 12.2 Å². The molecule has 0 atom stereocenters. The number of ether oxygens (including phenoxy) is 1. The standard InChI is InChI=1S/C19H27FN4O2S/c1-15(25)16-2-3-18(17(20)14-16)23-6-8-24(9-7-23)19(27)21-4-5-22-10-12-26-13-11-22/h2-3,14H,4-13H2,1H3,(H,21,27)/p+1. The van der Waals surface area contributed by atoms with E-state index in [0.29, 0.717) is 24.3 Å². The summed E-state index contributed by atoms with van der Waals surface area (Å²) in [7, 11) is 0. The molecule has 3 rings (SSSR count). The topological polar surface area (TPSA) is 49.2 Å². The molecule has 0 aliphatic carbocycles. The number of carbonyl (C=O) groups excluding carboxylic acids is 1. The average molecular weight is 396 g/mol. The molecule has 1 aromatic rings. The number of hydrogen-bond acceptors (Lipinski definition) is 4. The monoisotopic (exact) mass is 395 g/mol. The van der Waals surface area contributed by atoms with Gasteiger partial charge in [0.05, 0.1) is 32.0 Å². The van der Waals surface area contributed by atoms with Gasteiger partial charge >= 0.3 is 0 Å². The molecule has 6 nitrogen and oxygen atoms in total. The number of hydrogen-bond donors (Lipinski definition) is 2. The van der Waals surface area contributed by atoms with E-state index in [4.69, 9.17) is 17.0 Å². The van der Waals surface area contributed by atoms with Gasteiger partial charge in [-0.2, -0.15) is 0 Å². The fraction of sp³-hybridized carbons (Fsp3) is 0.579. The highest BCUT2D eigenvalue weighted by molar-refractivity contribution is 7.80. The fourth-order valence-electron chi connectivity index (χ4n) is 3.50. The Morgan fingerprint density at radius 1 is 1.26 bits per heavy atom. The van der Waals surface area contributed by atoms with E-state index in [1.807, 2.05) is 4.90 Å². The minimum Gasteiger partial charge on any atom is -0.370 e. The Labute approximate surface area is 165 Å². The minimum atomic E-state index is -0.342. The van der Waals surface area contributed by atoms with E-state index in [1.165, 1.54) is 13.0 Å². The first-order valence-corrected chi connectivity index (χ1v) is 9.95. The third-order valence-electron chi connectivity index (χ3n) is 5.22. The molecular formula is C19H28FN4O2S+. The molecule has 2 N–H and O–H groups in total. The molecule has 148 valence electrons. The highest BCUT2D eigenvalue weighted by atomic mass is 32.1. The zero-order chi connectivity index (χ0) is 19.2. The summed E-state index contributed by atoms with van der Waals surface area (Å²) >= 11 is 5.52. The summed E-state index contributed by atoms with van der Waals surface area (Å²) in [6.45, 7) is 10.0. The Kier molecular flexibility index (Phi) is 6.98. The quantitative estimate of drug-likeness (QED) is 0.538. The van der Waals surface area contributed by atoms with Crippen LogP contribution in [0, 0.1) is 5.82 Å². The predicted molar refractivity (Wildman–Crippen MR) is 107 cm³/mol. The molecule has 1 aromatic carbocycles. The van der Waals surface area contributed by atoms with E-state index >= 15 is 0 Å². The molecule has 0 amide bonds. The molecule has 27 heavy (non-hydrogen) atoms. The molecule has 2 aliphatic heterocycles. The molecule has 8 heteroatoms. The van der Waals surface area contributed by atoms with Crippen molar-refractivity contribution in [1.29, 1.82) is 0 Å². The Balaban J connectivity index is 1.44. The summed E-state index contributed by atoms with van der Waals surface area (Å²) < 4.78 is 19.7.